The molecule has 20 heteroatoms. The highest BCUT2D eigenvalue weighted by atomic mass is 16.5. The Morgan fingerprint density at radius 2 is 0.886 bits per heavy atom. The maximum Gasteiger partial charge on any atom is 0.328 e. The summed E-state index contributed by atoms with van der Waals surface area (Å²) in [5.41, 5.74) is 0. The van der Waals surface area contributed by atoms with Gasteiger partial charge < -0.3 is 52.2 Å². The molecule has 0 saturated carbocycles. The third-order valence-electron chi connectivity index (χ3n) is 11.6. The van der Waals surface area contributed by atoms with E-state index in [0.717, 1.165) is 25.7 Å². The van der Waals surface area contributed by atoms with Crippen molar-refractivity contribution < 1.29 is 62.9 Å². The molecule has 0 bridgehead atoms. The fourth-order valence-electron chi connectivity index (χ4n) is 8.04. The highest BCUT2D eigenvalue weighted by Gasteiger charge is 2.37. The van der Waals surface area contributed by atoms with E-state index in [-0.39, 0.29) is 62.2 Å². The van der Waals surface area contributed by atoms with E-state index in [1.165, 1.54) is 0 Å². The Hall–Kier alpha value is -5.30. The van der Waals surface area contributed by atoms with E-state index >= 15 is 0 Å². The Bertz CT molecular complexity index is 1750. The number of hydrogen-bond acceptors (Lipinski definition) is 11. The predicted molar refractivity (Wildman–Crippen MR) is 262 cm³/mol. The van der Waals surface area contributed by atoms with Crippen LogP contribution in [0.2, 0.25) is 0 Å². The molecule has 1 fully saturated rings. The van der Waals surface area contributed by atoms with Gasteiger partial charge in [0, 0.05) is 6.42 Å². The first-order valence-electron chi connectivity index (χ1n) is 25.3. The van der Waals surface area contributed by atoms with Gasteiger partial charge >= 0.3 is 17.9 Å². The highest BCUT2D eigenvalue weighted by molar-refractivity contribution is 5.98. The second kappa shape index (κ2) is 31.8. The van der Waals surface area contributed by atoms with Crippen molar-refractivity contribution in [1.29, 1.82) is 0 Å². The second-order valence-corrected chi connectivity index (χ2v) is 21.4. The smallest absolute Gasteiger partial charge is 0.328 e. The standard InChI is InChI=1S/C50H87N7O13/c1-27(2)17-15-13-14-16-18-33-25-40(58)51-34(19-20-41(59)60)44(63)52-35(21-28(3)4)45(64)54-37(23-30(7)8)48(67)57-43(32(11)12)49(68)55-38(26-42(61)62)47(66)53-36(22-29(5)6)46(65)56-39(24-31(9)10)50(69)70-33/h27-39,43H,13-26H2,1-12H3,(H,51,58)(H,52,63)(H,53,66)(H,54,64)(H,55,68)(H,56,65)(H,57,67)(H,59,60)(H,61,62)/t33-,34-,35-,36-,37-,38-,39-,43-/m0/s1. The molecule has 1 heterocycles. The van der Waals surface area contributed by atoms with Crippen molar-refractivity contribution in [3.63, 3.8) is 0 Å². The molecular weight excluding hydrogens is 907 g/mol. The maximum absolute atomic E-state index is 14.1. The Morgan fingerprint density at radius 1 is 0.471 bits per heavy atom. The number of ether oxygens (including phenoxy) is 1. The molecule has 9 N–H and O–H groups in total. The Balaban J connectivity index is 4.01. The van der Waals surface area contributed by atoms with Crippen LogP contribution < -0.4 is 37.2 Å². The lowest BCUT2D eigenvalue weighted by molar-refractivity contribution is -0.155. The van der Waals surface area contributed by atoms with E-state index in [1.807, 2.05) is 13.8 Å². The van der Waals surface area contributed by atoms with E-state index in [0.29, 0.717) is 12.3 Å². The third-order valence-corrected chi connectivity index (χ3v) is 11.6. The average molecular weight is 994 g/mol. The van der Waals surface area contributed by atoms with E-state index in [4.69, 9.17) is 4.74 Å². The molecule has 1 aliphatic rings. The van der Waals surface area contributed by atoms with E-state index in [2.05, 4.69) is 51.1 Å². The molecule has 1 saturated heterocycles. The van der Waals surface area contributed by atoms with E-state index in [1.54, 1.807) is 55.4 Å². The molecule has 0 aromatic carbocycles. The van der Waals surface area contributed by atoms with Gasteiger partial charge in [0.05, 0.1) is 12.8 Å². The minimum Gasteiger partial charge on any atom is -0.481 e. The first-order chi connectivity index (χ1) is 32.6. The van der Waals surface area contributed by atoms with Gasteiger partial charge in [-0.3, -0.25) is 43.2 Å². The molecule has 0 aromatic rings. The van der Waals surface area contributed by atoms with Crippen LogP contribution in [-0.4, -0.2) is 118 Å². The first-order valence-corrected chi connectivity index (χ1v) is 25.3. The van der Waals surface area contributed by atoms with Gasteiger partial charge in [-0.25, -0.2) is 4.79 Å². The minimum atomic E-state index is -1.72. The van der Waals surface area contributed by atoms with Gasteiger partial charge in [-0.05, 0) is 80.5 Å². The van der Waals surface area contributed by atoms with Gasteiger partial charge in [-0.2, -0.15) is 0 Å². The molecule has 1 rings (SSSR count). The fraction of sp³-hybridized carbons (Fsp3) is 0.800. The summed E-state index contributed by atoms with van der Waals surface area (Å²) in [7, 11) is 0. The van der Waals surface area contributed by atoms with Crippen LogP contribution in [-0.2, 0) is 52.7 Å². The number of carboxylic acid groups (broad SMARTS) is 2. The number of carbonyl (C=O) groups is 10. The number of aliphatic carboxylic acids is 2. The summed E-state index contributed by atoms with van der Waals surface area (Å²) in [5, 5.41) is 37.8. The van der Waals surface area contributed by atoms with Crippen LogP contribution in [0, 0.1) is 35.5 Å². The number of rotatable bonds is 21. The van der Waals surface area contributed by atoms with Crippen molar-refractivity contribution in [2.24, 2.45) is 35.5 Å². The van der Waals surface area contributed by atoms with E-state index in [9.17, 15) is 58.2 Å². The van der Waals surface area contributed by atoms with Crippen LogP contribution in [0.25, 0.3) is 0 Å². The van der Waals surface area contributed by atoms with E-state index < -0.39 is 133 Å². The molecule has 400 valence electrons. The van der Waals surface area contributed by atoms with Crippen molar-refractivity contribution in [3.05, 3.63) is 0 Å². The lowest BCUT2D eigenvalue weighted by atomic mass is 9.98. The van der Waals surface area contributed by atoms with Crippen molar-refractivity contribution >= 4 is 59.3 Å². The summed E-state index contributed by atoms with van der Waals surface area (Å²) in [5.74, 6) is -10.3. The normalized spacial score (nSPS) is 24.5. The quantitative estimate of drug-likeness (QED) is 0.0584. The Kier molecular flexibility index (Phi) is 28.5. The Morgan fingerprint density at radius 3 is 1.33 bits per heavy atom. The van der Waals surface area contributed by atoms with Crippen molar-refractivity contribution in [3.8, 4) is 0 Å². The van der Waals surface area contributed by atoms with Gasteiger partial charge in [-0.1, -0.05) is 109 Å². The number of cyclic esters (lactones) is 1. The van der Waals surface area contributed by atoms with Crippen molar-refractivity contribution in [1.82, 2.24) is 37.2 Å². The van der Waals surface area contributed by atoms with Gasteiger partial charge in [0.25, 0.3) is 0 Å². The summed E-state index contributed by atoms with van der Waals surface area (Å²) >= 11 is 0. The molecule has 0 spiro atoms. The summed E-state index contributed by atoms with van der Waals surface area (Å²) < 4.78 is 6.00. The van der Waals surface area contributed by atoms with Crippen LogP contribution in [0.5, 0.6) is 0 Å². The number of amides is 7. The molecule has 0 aromatic heterocycles. The molecule has 70 heavy (non-hydrogen) atoms. The summed E-state index contributed by atoms with van der Waals surface area (Å²) in [6, 6.07) is -9.64. The van der Waals surface area contributed by atoms with Gasteiger partial charge in [0.1, 0.15) is 48.4 Å². The zero-order chi connectivity index (χ0) is 53.4. The van der Waals surface area contributed by atoms with Crippen LogP contribution in [0.3, 0.4) is 0 Å². The Labute approximate surface area is 415 Å². The molecule has 0 radical (unpaired) electrons. The van der Waals surface area contributed by atoms with Crippen molar-refractivity contribution in [2.45, 2.75) is 221 Å². The second-order valence-electron chi connectivity index (χ2n) is 21.4. The fourth-order valence-corrected chi connectivity index (χ4v) is 8.04. The van der Waals surface area contributed by atoms with Gasteiger partial charge in [0.15, 0.2) is 0 Å². The number of unbranched alkanes of at least 4 members (excludes halogenated alkanes) is 3. The summed E-state index contributed by atoms with van der Waals surface area (Å²) in [6.07, 6.45) is 1.45. The number of carbonyl (C=O) groups excluding carboxylic acids is 8. The minimum absolute atomic E-state index is 0.0383. The van der Waals surface area contributed by atoms with Crippen LogP contribution >= 0.6 is 0 Å². The molecule has 1 aliphatic heterocycles. The number of nitrogens with one attached hydrogen (secondary N) is 7. The lowest BCUT2D eigenvalue weighted by Crippen LogP contribution is -2.61. The molecule has 0 unspecified atom stereocenters. The maximum atomic E-state index is 14.1. The predicted octanol–water partition coefficient (Wildman–Crippen LogP) is 3.87. The first kappa shape index (κ1) is 62.7. The van der Waals surface area contributed by atoms with Crippen LogP contribution in [0.4, 0.5) is 0 Å². The van der Waals surface area contributed by atoms with Gasteiger partial charge in [-0.15, -0.1) is 0 Å². The highest BCUT2D eigenvalue weighted by Crippen LogP contribution is 2.19. The van der Waals surface area contributed by atoms with Crippen LogP contribution in [0.1, 0.15) is 173 Å². The lowest BCUT2D eigenvalue weighted by Gasteiger charge is -2.29. The van der Waals surface area contributed by atoms with Crippen LogP contribution in [0.15, 0.2) is 0 Å². The zero-order valence-electron chi connectivity index (χ0n) is 43.9. The SMILES string of the molecule is CC(C)CCCCCC[C@H]1CC(=O)N[C@@H](CCC(=O)O)C(=O)N[C@@H](CC(C)C)C(=O)N[C@@H](CC(C)C)C(=O)N[C@@H](C(C)C)C(=O)N[C@@H](CC(=O)O)C(=O)N[C@@H](CC(C)C)C(=O)N[C@@H](CC(C)C)C(=O)O1. The number of esters is 1. The monoisotopic (exact) mass is 994 g/mol. The molecule has 20 nitrogen and oxygen atoms in total. The number of hydrogen-bond donors (Lipinski definition) is 9. The molecule has 0 aliphatic carbocycles. The van der Waals surface area contributed by atoms with Gasteiger partial charge in [0.2, 0.25) is 41.4 Å². The summed E-state index contributed by atoms with van der Waals surface area (Å²) in [4.78, 5) is 136. The van der Waals surface area contributed by atoms with Crippen molar-refractivity contribution in [2.75, 3.05) is 0 Å². The number of carboxylic acids is 2. The molecule has 8 atom stereocenters. The molecule has 7 amide bonds. The zero-order valence-corrected chi connectivity index (χ0v) is 43.9. The molecular formula is C50H87N7O13. The summed E-state index contributed by atoms with van der Waals surface area (Å²) in [6.45, 7) is 21.9. The third kappa shape index (κ3) is 25.5. The topological polar surface area (TPSA) is 305 Å². The largest absolute Gasteiger partial charge is 0.481 e. The average Bonchev–Trinajstić information content (AvgIpc) is 3.22.